The lowest BCUT2D eigenvalue weighted by Crippen LogP contribution is -2.24. The molecule has 2 heteroatoms. The van der Waals surface area contributed by atoms with Crippen molar-refractivity contribution in [2.45, 2.75) is 44.6 Å². The number of fused-ring (bicyclic) bond motifs is 1. The molecule has 1 aromatic heterocycles. The fourth-order valence-corrected chi connectivity index (χ4v) is 3.11. The highest BCUT2D eigenvalue weighted by Crippen LogP contribution is 2.23. The van der Waals surface area contributed by atoms with Crippen molar-refractivity contribution < 1.29 is 0 Å². The number of hydrogen-bond donors (Lipinski definition) is 1. The molecule has 1 unspecified atom stereocenters. The minimum atomic E-state index is 0.213. The van der Waals surface area contributed by atoms with E-state index >= 15 is 0 Å². The molecule has 1 aromatic carbocycles. The Morgan fingerprint density at radius 2 is 2.00 bits per heavy atom. The Labute approximate surface area is 120 Å². The molecule has 0 fully saturated rings. The zero-order valence-corrected chi connectivity index (χ0v) is 11.9. The number of benzene rings is 1. The van der Waals surface area contributed by atoms with Crippen molar-refractivity contribution >= 4 is 10.9 Å². The average molecular weight is 266 g/mol. The summed E-state index contributed by atoms with van der Waals surface area (Å²) in [5.74, 6) is 0. The van der Waals surface area contributed by atoms with E-state index in [1.54, 1.807) is 5.57 Å². The molecule has 0 spiro atoms. The second kappa shape index (κ2) is 6.19. The van der Waals surface area contributed by atoms with Crippen molar-refractivity contribution in [3.63, 3.8) is 0 Å². The molecule has 1 aliphatic carbocycles. The van der Waals surface area contributed by atoms with Gasteiger partial charge in [-0.25, -0.2) is 0 Å². The molecule has 0 aliphatic heterocycles. The van der Waals surface area contributed by atoms with E-state index in [2.05, 4.69) is 35.3 Å². The topological polar surface area (TPSA) is 38.9 Å². The number of rotatable bonds is 4. The van der Waals surface area contributed by atoms with Crippen LogP contribution in [-0.4, -0.2) is 11.0 Å². The van der Waals surface area contributed by atoms with E-state index in [9.17, 15) is 0 Å². The van der Waals surface area contributed by atoms with Crippen molar-refractivity contribution in [3.8, 4) is 0 Å². The van der Waals surface area contributed by atoms with Crippen LogP contribution in [-0.2, 0) is 6.42 Å². The molecule has 0 amide bonds. The third kappa shape index (κ3) is 3.07. The zero-order valence-electron chi connectivity index (χ0n) is 11.9. The second-order valence-corrected chi connectivity index (χ2v) is 5.76. The van der Waals surface area contributed by atoms with Crippen molar-refractivity contribution in [2.75, 3.05) is 0 Å². The molecule has 104 valence electrons. The van der Waals surface area contributed by atoms with Gasteiger partial charge in [0, 0.05) is 17.6 Å². The molecule has 1 heterocycles. The number of hydrogen-bond acceptors (Lipinski definition) is 2. The van der Waals surface area contributed by atoms with E-state index in [1.165, 1.54) is 36.6 Å². The van der Waals surface area contributed by atoms with E-state index in [0.29, 0.717) is 0 Å². The fraction of sp³-hybridized carbons (Fsp3) is 0.389. The molecule has 3 rings (SSSR count). The van der Waals surface area contributed by atoms with Gasteiger partial charge in [0.2, 0.25) is 0 Å². The maximum atomic E-state index is 6.37. The third-order valence-electron chi connectivity index (χ3n) is 4.13. The predicted octanol–water partition coefficient (Wildman–Crippen LogP) is 4.00. The Bertz CT molecular complexity index is 610. The fourth-order valence-electron chi connectivity index (χ4n) is 3.11. The van der Waals surface area contributed by atoms with Crippen LogP contribution < -0.4 is 5.73 Å². The first-order chi connectivity index (χ1) is 9.83. The Morgan fingerprint density at radius 3 is 2.85 bits per heavy atom. The van der Waals surface area contributed by atoms with Crippen LogP contribution in [0.4, 0.5) is 0 Å². The Kier molecular flexibility index (Phi) is 4.12. The van der Waals surface area contributed by atoms with Crippen LogP contribution in [0.2, 0.25) is 0 Å². The van der Waals surface area contributed by atoms with Gasteiger partial charge in [0.15, 0.2) is 0 Å². The first kappa shape index (κ1) is 13.3. The van der Waals surface area contributed by atoms with Gasteiger partial charge in [0.25, 0.3) is 0 Å². The first-order valence-electron chi connectivity index (χ1n) is 7.59. The number of pyridine rings is 1. The minimum Gasteiger partial charge on any atom is -0.327 e. The van der Waals surface area contributed by atoms with Gasteiger partial charge in [0.05, 0.1) is 5.52 Å². The van der Waals surface area contributed by atoms with Crippen LogP contribution >= 0.6 is 0 Å². The number of allylic oxidation sites excluding steroid dienone is 1. The normalized spacial score (nSPS) is 16.9. The standard InChI is InChI=1S/C18H22N2/c19-16(12-14-6-2-1-3-7-14)13-15-10-11-20-18-9-5-4-8-17(15)18/h4-6,8-11,16H,1-3,7,12-13,19H2. The molecule has 0 saturated heterocycles. The first-order valence-corrected chi connectivity index (χ1v) is 7.59. The minimum absolute atomic E-state index is 0.213. The summed E-state index contributed by atoms with van der Waals surface area (Å²) in [7, 11) is 0. The van der Waals surface area contributed by atoms with Crippen molar-refractivity contribution in [2.24, 2.45) is 5.73 Å². The number of para-hydroxylation sites is 1. The van der Waals surface area contributed by atoms with E-state index in [0.717, 1.165) is 18.4 Å². The number of nitrogens with two attached hydrogens (primary N) is 1. The van der Waals surface area contributed by atoms with Gasteiger partial charge in [0.1, 0.15) is 0 Å². The van der Waals surface area contributed by atoms with Gasteiger partial charge in [-0.15, -0.1) is 0 Å². The molecule has 0 bridgehead atoms. The summed E-state index contributed by atoms with van der Waals surface area (Å²) < 4.78 is 0. The molecule has 0 saturated carbocycles. The lowest BCUT2D eigenvalue weighted by molar-refractivity contribution is 0.607. The summed E-state index contributed by atoms with van der Waals surface area (Å²) in [5.41, 5.74) is 10.3. The van der Waals surface area contributed by atoms with Gasteiger partial charge in [-0.3, -0.25) is 4.98 Å². The maximum absolute atomic E-state index is 6.37. The summed E-state index contributed by atoms with van der Waals surface area (Å²) >= 11 is 0. The molecule has 0 radical (unpaired) electrons. The van der Waals surface area contributed by atoms with Crippen molar-refractivity contribution in [1.29, 1.82) is 0 Å². The second-order valence-electron chi connectivity index (χ2n) is 5.76. The lowest BCUT2D eigenvalue weighted by atomic mass is 9.91. The molecule has 2 N–H and O–H groups in total. The van der Waals surface area contributed by atoms with E-state index in [-0.39, 0.29) is 6.04 Å². The smallest absolute Gasteiger partial charge is 0.0704 e. The highest BCUT2D eigenvalue weighted by molar-refractivity contribution is 5.81. The average Bonchev–Trinajstić information content (AvgIpc) is 2.48. The van der Waals surface area contributed by atoms with Crippen LogP contribution in [0, 0.1) is 0 Å². The molecular weight excluding hydrogens is 244 g/mol. The van der Waals surface area contributed by atoms with Crippen LogP contribution in [0.15, 0.2) is 48.2 Å². The third-order valence-corrected chi connectivity index (χ3v) is 4.13. The van der Waals surface area contributed by atoms with E-state index < -0.39 is 0 Å². The predicted molar refractivity (Wildman–Crippen MR) is 84.6 cm³/mol. The van der Waals surface area contributed by atoms with Gasteiger partial charge < -0.3 is 5.73 Å². The molecule has 1 aliphatic rings. The maximum Gasteiger partial charge on any atom is 0.0704 e. The molecule has 2 nitrogen and oxygen atoms in total. The lowest BCUT2D eigenvalue weighted by Gasteiger charge is -2.18. The number of aromatic nitrogens is 1. The Balaban J connectivity index is 1.74. The Morgan fingerprint density at radius 1 is 1.10 bits per heavy atom. The Hall–Kier alpha value is -1.67. The van der Waals surface area contributed by atoms with Crippen molar-refractivity contribution in [3.05, 3.63) is 53.7 Å². The largest absolute Gasteiger partial charge is 0.327 e. The number of nitrogens with zero attached hydrogens (tertiary/aromatic N) is 1. The summed E-state index contributed by atoms with van der Waals surface area (Å²) in [4.78, 5) is 4.41. The zero-order chi connectivity index (χ0) is 13.8. The quantitative estimate of drug-likeness (QED) is 0.850. The summed E-state index contributed by atoms with van der Waals surface area (Å²) in [6.45, 7) is 0. The SMILES string of the molecule is NC(CC1=CCCCC1)Cc1ccnc2ccccc12. The molecule has 2 aromatic rings. The van der Waals surface area contributed by atoms with Crippen LogP contribution in [0.3, 0.4) is 0 Å². The van der Waals surface area contributed by atoms with Crippen molar-refractivity contribution in [1.82, 2.24) is 4.98 Å². The van der Waals surface area contributed by atoms with Gasteiger partial charge in [-0.2, -0.15) is 0 Å². The van der Waals surface area contributed by atoms with Crippen LogP contribution in [0.5, 0.6) is 0 Å². The van der Waals surface area contributed by atoms with Crippen LogP contribution in [0.25, 0.3) is 10.9 Å². The summed E-state index contributed by atoms with van der Waals surface area (Å²) in [6, 6.07) is 10.6. The van der Waals surface area contributed by atoms with Crippen LogP contribution in [0.1, 0.15) is 37.7 Å². The van der Waals surface area contributed by atoms with Gasteiger partial charge >= 0.3 is 0 Å². The highest BCUT2D eigenvalue weighted by Gasteiger charge is 2.11. The summed E-state index contributed by atoms with van der Waals surface area (Å²) in [5, 5.41) is 1.24. The van der Waals surface area contributed by atoms with Gasteiger partial charge in [-0.1, -0.05) is 29.8 Å². The molecule has 20 heavy (non-hydrogen) atoms. The van der Waals surface area contributed by atoms with Gasteiger partial charge in [-0.05, 0) is 56.2 Å². The summed E-state index contributed by atoms with van der Waals surface area (Å²) in [6.07, 6.45) is 11.4. The molecule has 1 atom stereocenters. The van der Waals surface area contributed by atoms with E-state index in [4.69, 9.17) is 5.73 Å². The monoisotopic (exact) mass is 266 g/mol. The van der Waals surface area contributed by atoms with E-state index in [1.807, 2.05) is 12.3 Å². The highest BCUT2D eigenvalue weighted by atomic mass is 14.7. The molecular formula is C18H22N2.